The molecule has 0 aliphatic heterocycles. The summed E-state index contributed by atoms with van der Waals surface area (Å²) in [7, 11) is 0. The van der Waals surface area contributed by atoms with E-state index in [0.29, 0.717) is 22.0 Å². The summed E-state index contributed by atoms with van der Waals surface area (Å²) in [5, 5.41) is 12.7. The maximum absolute atomic E-state index is 13.1. The molecule has 0 bridgehead atoms. The summed E-state index contributed by atoms with van der Waals surface area (Å²) in [6.45, 7) is 2.07. The first-order chi connectivity index (χ1) is 14.2. The van der Waals surface area contributed by atoms with E-state index < -0.39 is 0 Å². The Bertz CT molecular complexity index is 1400. The van der Waals surface area contributed by atoms with Gasteiger partial charge in [-0.05, 0) is 24.3 Å². The highest BCUT2D eigenvalue weighted by Crippen LogP contribution is 2.29. The number of benzene rings is 1. The summed E-state index contributed by atoms with van der Waals surface area (Å²) in [4.78, 5) is 22.0. The quantitative estimate of drug-likeness (QED) is 0.464. The summed E-state index contributed by atoms with van der Waals surface area (Å²) < 4.78 is 3.20. The Morgan fingerprint density at radius 3 is 2.72 bits per heavy atom. The predicted octanol–water partition coefficient (Wildman–Crippen LogP) is 3.10. The van der Waals surface area contributed by atoms with E-state index in [1.165, 1.54) is 16.3 Å². The molecule has 0 aliphatic carbocycles. The number of aromatic amines is 1. The van der Waals surface area contributed by atoms with E-state index in [1.807, 2.05) is 42.7 Å². The maximum Gasteiger partial charge on any atom is 0.268 e. The fraction of sp³-hybridized carbons (Fsp3) is 0.150. The second kappa shape index (κ2) is 6.85. The number of nitrogens with one attached hydrogen (secondary N) is 1. The number of aryl methyl sites for hydroxylation is 1. The Labute approximate surface area is 169 Å². The van der Waals surface area contributed by atoms with Crippen LogP contribution in [0.2, 0.25) is 0 Å². The van der Waals surface area contributed by atoms with Crippen LogP contribution >= 0.6 is 11.8 Å². The Morgan fingerprint density at radius 2 is 2.00 bits per heavy atom. The minimum absolute atomic E-state index is 0.226. The third-order valence-corrected chi connectivity index (χ3v) is 5.39. The normalized spacial score (nSPS) is 11.5. The van der Waals surface area contributed by atoms with Crippen LogP contribution in [0.15, 0.2) is 58.7 Å². The lowest BCUT2D eigenvalue weighted by molar-refractivity contribution is 0.885. The Balaban J connectivity index is 1.77. The van der Waals surface area contributed by atoms with Gasteiger partial charge in [0.25, 0.3) is 5.56 Å². The van der Waals surface area contributed by atoms with Gasteiger partial charge in [-0.3, -0.25) is 9.36 Å². The van der Waals surface area contributed by atoms with Gasteiger partial charge in [-0.2, -0.15) is 10.1 Å². The highest BCUT2D eigenvalue weighted by molar-refractivity contribution is 7.98. The largest absolute Gasteiger partial charge is 0.268 e. The Morgan fingerprint density at radius 1 is 1.17 bits per heavy atom. The van der Waals surface area contributed by atoms with Gasteiger partial charge in [0.15, 0.2) is 5.65 Å². The van der Waals surface area contributed by atoms with Crippen LogP contribution in [0.5, 0.6) is 0 Å². The van der Waals surface area contributed by atoms with Crippen molar-refractivity contribution in [3.63, 3.8) is 0 Å². The molecule has 0 saturated heterocycles. The van der Waals surface area contributed by atoms with Crippen molar-refractivity contribution < 1.29 is 0 Å². The predicted molar refractivity (Wildman–Crippen MR) is 113 cm³/mol. The van der Waals surface area contributed by atoms with Crippen molar-refractivity contribution in [3.8, 4) is 17.1 Å². The van der Waals surface area contributed by atoms with E-state index in [2.05, 4.69) is 27.1 Å². The number of rotatable bonds is 4. The van der Waals surface area contributed by atoms with E-state index in [9.17, 15) is 4.79 Å². The fourth-order valence-electron chi connectivity index (χ4n) is 3.47. The zero-order chi connectivity index (χ0) is 20.0. The van der Waals surface area contributed by atoms with Crippen molar-refractivity contribution >= 4 is 28.3 Å². The summed E-state index contributed by atoms with van der Waals surface area (Å²) in [6.07, 6.45) is 5.94. The second-order valence-electron chi connectivity index (χ2n) is 6.47. The van der Waals surface area contributed by atoms with Gasteiger partial charge in [-0.1, -0.05) is 49.0 Å². The van der Waals surface area contributed by atoms with Crippen LogP contribution in [0.4, 0.5) is 0 Å². The number of hydrogen-bond donors (Lipinski definition) is 1. The molecule has 0 fully saturated rings. The minimum atomic E-state index is -0.226. The zero-order valence-corrected chi connectivity index (χ0v) is 16.6. The van der Waals surface area contributed by atoms with Gasteiger partial charge in [0, 0.05) is 18.0 Å². The third-order valence-electron chi connectivity index (χ3n) is 4.85. The van der Waals surface area contributed by atoms with E-state index in [4.69, 9.17) is 5.10 Å². The molecule has 0 unspecified atom stereocenters. The van der Waals surface area contributed by atoms with Crippen LogP contribution in [0, 0.1) is 0 Å². The number of hydrogen-bond acceptors (Lipinski definition) is 6. The smallest absolute Gasteiger partial charge is 0.268 e. The zero-order valence-electron chi connectivity index (χ0n) is 15.8. The summed E-state index contributed by atoms with van der Waals surface area (Å²) in [5.41, 5.74) is 4.22. The van der Waals surface area contributed by atoms with Crippen LogP contribution in [-0.4, -0.2) is 40.6 Å². The molecule has 144 valence electrons. The number of pyridine rings is 1. The van der Waals surface area contributed by atoms with Crippen LogP contribution < -0.4 is 5.56 Å². The van der Waals surface area contributed by atoms with Crippen molar-refractivity contribution in [2.24, 2.45) is 0 Å². The summed E-state index contributed by atoms with van der Waals surface area (Å²) >= 11 is 1.41. The van der Waals surface area contributed by atoms with Crippen LogP contribution in [0.25, 0.3) is 33.6 Å². The lowest BCUT2D eigenvalue weighted by atomic mass is 10.0. The molecule has 0 spiro atoms. The Hall–Kier alpha value is -3.46. The van der Waals surface area contributed by atoms with Gasteiger partial charge < -0.3 is 0 Å². The van der Waals surface area contributed by atoms with E-state index in [1.54, 1.807) is 16.9 Å². The van der Waals surface area contributed by atoms with E-state index >= 15 is 0 Å². The van der Waals surface area contributed by atoms with Crippen LogP contribution in [-0.2, 0) is 6.42 Å². The van der Waals surface area contributed by atoms with Crippen molar-refractivity contribution in [2.45, 2.75) is 18.5 Å². The molecule has 0 atom stereocenters. The molecule has 0 radical (unpaired) electrons. The highest BCUT2D eigenvalue weighted by Gasteiger charge is 2.18. The fourth-order valence-corrected chi connectivity index (χ4v) is 3.78. The van der Waals surface area contributed by atoms with Gasteiger partial charge in [0.1, 0.15) is 0 Å². The van der Waals surface area contributed by atoms with Gasteiger partial charge in [0.2, 0.25) is 11.1 Å². The first kappa shape index (κ1) is 17.6. The van der Waals surface area contributed by atoms with Crippen LogP contribution in [0.1, 0.15) is 12.6 Å². The lowest BCUT2D eigenvalue weighted by Crippen LogP contribution is -2.20. The number of thioether (sulfide) groups is 1. The van der Waals surface area contributed by atoms with Crippen LogP contribution in [0.3, 0.4) is 0 Å². The average Bonchev–Trinajstić information content (AvgIpc) is 3.39. The number of H-pyrrole nitrogens is 1. The van der Waals surface area contributed by atoms with Crippen molar-refractivity contribution in [2.75, 3.05) is 6.26 Å². The molecule has 4 aromatic heterocycles. The van der Waals surface area contributed by atoms with Gasteiger partial charge >= 0.3 is 0 Å². The summed E-state index contributed by atoms with van der Waals surface area (Å²) in [5.74, 6) is 0.376. The molecule has 9 heteroatoms. The number of fused-ring (bicyclic) bond motifs is 3. The lowest BCUT2D eigenvalue weighted by Gasteiger charge is -2.05. The van der Waals surface area contributed by atoms with E-state index in [0.717, 1.165) is 28.9 Å². The highest BCUT2D eigenvalue weighted by atomic mass is 32.2. The minimum Gasteiger partial charge on any atom is -0.268 e. The standard InChI is InChI=1S/C20H17N7OS/c1-3-14-16(12-7-5-4-6-8-12)17-21-11-13-15(27(17)25-14)9-10-26(18(13)28)19-22-20(29-2)24-23-19/h4-11H,3H2,1-2H3,(H,22,23,24). The maximum atomic E-state index is 13.1. The summed E-state index contributed by atoms with van der Waals surface area (Å²) in [6, 6.07) is 11.9. The molecule has 1 N–H and O–H groups in total. The molecular weight excluding hydrogens is 386 g/mol. The van der Waals surface area contributed by atoms with Crippen molar-refractivity contribution in [3.05, 3.63) is 64.8 Å². The molecule has 8 nitrogen and oxygen atoms in total. The third kappa shape index (κ3) is 2.73. The molecule has 29 heavy (non-hydrogen) atoms. The average molecular weight is 403 g/mol. The number of aromatic nitrogens is 7. The molecule has 0 amide bonds. The van der Waals surface area contributed by atoms with Gasteiger partial charge in [-0.15, -0.1) is 5.10 Å². The molecule has 4 heterocycles. The molecule has 0 aliphatic rings. The van der Waals surface area contributed by atoms with Gasteiger partial charge in [-0.25, -0.2) is 14.6 Å². The molecule has 5 rings (SSSR count). The Kier molecular flexibility index (Phi) is 4.17. The molecule has 0 saturated carbocycles. The first-order valence-corrected chi connectivity index (χ1v) is 10.4. The molecular formula is C20H17N7OS. The topological polar surface area (TPSA) is 93.8 Å². The van der Waals surface area contributed by atoms with Crippen molar-refractivity contribution in [1.29, 1.82) is 0 Å². The SMILES string of the molecule is CCc1nn2c(ncc3c(=O)n(-c4nc(SC)n[nH]4)ccc32)c1-c1ccccc1. The van der Waals surface area contributed by atoms with Gasteiger partial charge in [0.05, 0.1) is 16.6 Å². The first-order valence-electron chi connectivity index (χ1n) is 9.15. The van der Waals surface area contributed by atoms with Crippen molar-refractivity contribution in [1.82, 2.24) is 34.3 Å². The number of nitrogens with zero attached hydrogens (tertiary/aromatic N) is 6. The molecule has 5 aromatic rings. The second-order valence-corrected chi connectivity index (χ2v) is 7.24. The molecule has 1 aromatic carbocycles. The monoisotopic (exact) mass is 403 g/mol. The van der Waals surface area contributed by atoms with E-state index in [-0.39, 0.29) is 5.56 Å².